The lowest BCUT2D eigenvalue weighted by atomic mass is 9.93. The highest BCUT2D eigenvalue weighted by Crippen LogP contribution is 2.35. The van der Waals surface area contributed by atoms with Crippen LogP contribution in [0.25, 0.3) is 0 Å². The van der Waals surface area contributed by atoms with Gasteiger partial charge >= 0.3 is 6.18 Å². The molecule has 35 heavy (non-hydrogen) atoms. The lowest BCUT2D eigenvalue weighted by Gasteiger charge is -2.13. The number of hydrogen-bond acceptors (Lipinski definition) is 4. The van der Waals surface area contributed by atoms with Crippen LogP contribution in [0, 0.1) is 13.8 Å². The Bertz CT molecular complexity index is 1330. The summed E-state index contributed by atoms with van der Waals surface area (Å²) < 4.78 is 45.0. The van der Waals surface area contributed by atoms with Gasteiger partial charge in [0.25, 0.3) is 11.8 Å². The summed E-state index contributed by atoms with van der Waals surface area (Å²) in [4.78, 5) is 25.3. The molecule has 2 N–H and O–H groups in total. The number of furan rings is 1. The molecule has 4 rings (SSSR count). The van der Waals surface area contributed by atoms with Gasteiger partial charge in [-0.2, -0.15) is 18.3 Å². The Kier molecular flexibility index (Phi) is 6.71. The van der Waals surface area contributed by atoms with E-state index < -0.39 is 17.6 Å². The predicted octanol–water partition coefficient (Wildman–Crippen LogP) is 6.29. The van der Waals surface area contributed by atoms with Crippen molar-refractivity contribution in [1.29, 1.82) is 0 Å². The first-order chi connectivity index (χ1) is 16.5. The normalized spacial score (nSPS) is 14.5. The van der Waals surface area contributed by atoms with Crippen molar-refractivity contribution in [3.63, 3.8) is 0 Å². The number of hydrogen-bond donors (Lipinski definition) is 2. The second-order valence-corrected chi connectivity index (χ2v) is 8.63. The zero-order valence-electron chi connectivity index (χ0n) is 18.8. The number of nitrogens with one attached hydrogen (secondary N) is 2. The number of hydrazone groups is 1. The maximum Gasteiger partial charge on any atom is 0.416 e. The number of halogens is 4. The van der Waals surface area contributed by atoms with E-state index in [-0.39, 0.29) is 22.4 Å². The molecule has 0 unspecified atom stereocenters. The number of carbonyl (C=O) groups is 2. The highest BCUT2D eigenvalue weighted by Gasteiger charge is 2.32. The summed E-state index contributed by atoms with van der Waals surface area (Å²) in [6.07, 6.45) is -2.78. The minimum absolute atomic E-state index is 0.0404. The van der Waals surface area contributed by atoms with E-state index in [0.717, 1.165) is 23.8 Å². The van der Waals surface area contributed by atoms with E-state index in [9.17, 15) is 22.8 Å². The fourth-order valence-corrected chi connectivity index (χ4v) is 4.03. The molecule has 10 heteroatoms. The van der Waals surface area contributed by atoms with Crippen LogP contribution >= 0.6 is 11.6 Å². The Labute approximate surface area is 204 Å². The van der Waals surface area contributed by atoms with Crippen LogP contribution < -0.4 is 10.7 Å². The van der Waals surface area contributed by atoms with Crippen molar-refractivity contribution in [2.45, 2.75) is 39.3 Å². The molecule has 6 nitrogen and oxygen atoms in total. The molecule has 2 aromatic carbocycles. The van der Waals surface area contributed by atoms with Gasteiger partial charge in [-0.15, -0.1) is 0 Å². The summed E-state index contributed by atoms with van der Waals surface area (Å²) in [6.45, 7) is 3.58. The van der Waals surface area contributed by atoms with E-state index in [1.807, 2.05) is 19.1 Å². The Balaban J connectivity index is 1.58. The third-order valence-electron chi connectivity index (χ3n) is 5.68. The van der Waals surface area contributed by atoms with Gasteiger partial charge < -0.3 is 9.73 Å². The van der Waals surface area contributed by atoms with Gasteiger partial charge in [0, 0.05) is 23.1 Å². The summed E-state index contributed by atoms with van der Waals surface area (Å²) in [5.74, 6) is -0.635. The summed E-state index contributed by atoms with van der Waals surface area (Å²) >= 11 is 6.00. The minimum atomic E-state index is -4.59. The molecule has 3 aromatic rings. The molecule has 0 atom stereocenters. The zero-order chi connectivity index (χ0) is 25.3. The summed E-state index contributed by atoms with van der Waals surface area (Å²) in [7, 11) is 0. The number of carbonyl (C=O) groups excluding carboxylic acids is 2. The average molecular weight is 504 g/mol. The van der Waals surface area contributed by atoms with Gasteiger partial charge in [-0.05, 0) is 57.0 Å². The van der Waals surface area contributed by atoms with Gasteiger partial charge in [-0.1, -0.05) is 29.3 Å². The van der Waals surface area contributed by atoms with E-state index in [1.165, 1.54) is 0 Å². The van der Waals surface area contributed by atoms with Crippen LogP contribution in [0.4, 0.5) is 18.9 Å². The second kappa shape index (κ2) is 9.58. The molecule has 0 radical (unpaired) electrons. The molecule has 2 amide bonds. The molecule has 0 aliphatic heterocycles. The zero-order valence-corrected chi connectivity index (χ0v) is 19.6. The Morgan fingerprint density at radius 3 is 2.43 bits per heavy atom. The maximum absolute atomic E-state index is 13.1. The van der Waals surface area contributed by atoms with Crippen molar-refractivity contribution < 1.29 is 27.2 Å². The quantitative estimate of drug-likeness (QED) is 0.410. The van der Waals surface area contributed by atoms with Crippen molar-refractivity contribution >= 4 is 34.8 Å². The smallest absolute Gasteiger partial charge is 0.416 e. The van der Waals surface area contributed by atoms with Crippen LogP contribution in [0.15, 0.2) is 52.0 Å². The summed E-state index contributed by atoms with van der Waals surface area (Å²) in [6, 6.07) is 9.71. The van der Waals surface area contributed by atoms with Gasteiger partial charge in [-0.25, -0.2) is 5.43 Å². The molecule has 182 valence electrons. The Morgan fingerprint density at radius 1 is 1.03 bits per heavy atom. The van der Waals surface area contributed by atoms with E-state index in [0.29, 0.717) is 47.4 Å². The van der Waals surface area contributed by atoms with Gasteiger partial charge in [0.2, 0.25) is 0 Å². The van der Waals surface area contributed by atoms with Crippen molar-refractivity contribution in [3.8, 4) is 0 Å². The molecular formula is C25H21ClF3N3O3. The van der Waals surface area contributed by atoms with Crippen LogP contribution in [0.1, 0.15) is 61.8 Å². The van der Waals surface area contributed by atoms with Crippen molar-refractivity contribution in [1.82, 2.24) is 5.43 Å². The van der Waals surface area contributed by atoms with Crippen LogP contribution in [0.2, 0.25) is 5.02 Å². The molecule has 0 fully saturated rings. The number of fused-ring (bicyclic) bond motifs is 1. The van der Waals surface area contributed by atoms with Gasteiger partial charge in [0.05, 0.1) is 22.0 Å². The summed E-state index contributed by atoms with van der Waals surface area (Å²) in [5, 5.41) is 6.64. The topological polar surface area (TPSA) is 83.7 Å². The van der Waals surface area contributed by atoms with Gasteiger partial charge in [0.15, 0.2) is 5.76 Å². The molecule has 1 aliphatic rings. The fraction of sp³-hybridized carbons (Fsp3) is 0.240. The third-order valence-corrected chi connectivity index (χ3v) is 6.01. The molecule has 0 spiro atoms. The number of alkyl halides is 3. The molecule has 0 saturated carbocycles. The highest BCUT2D eigenvalue weighted by molar-refractivity contribution is 6.34. The molecule has 1 aromatic heterocycles. The van der Waals surface area contributed by atoms with Crippen LogP contribution in [0.3, 0.4) is 0 Å². The fourth-order valence-electron chi connectivity index (χ4n) is 3.86. The van der Waals surface area contributed by atoms with E-state index in [1.54, 1.807) is 19.1 Å². The molecule has 0 bridgehead atoms. The Hall–Kier alpha value is -3.59. The first-order valence-corrected chi connectivity index (χ1v) is 11.2. The minimum Gasteiger partial charge on any atom is -0.455 e. The highest BCUT2D eigenvalue weighted by atomic mass is 35.5. The largest absolute Gasteiger partial charge is 0.455 e. The van der Waals surface area contributed by atoms with Crippen LogP contribution in [-0.4, -0.2) is 17.5 Å². The lowest BCUT2D eigenvalue weighted by Crippen LogP contribution is -2.22. The van der Waals surface area contributed by atoms with E-state index >= 15 is 0 Å². The molecule has 0 saturated heterocycles. The lowest BCUT2D eigenvalue weighted by molar-refractivity contribution is -0.137. The van der Waals surface area contributed by atoms with Gasteiger partial charge in [0.1, 0.15) is 5.76 Å². The number of anilines is 1. The first kappa shape index (κ1) is 24.5. The SMILES string of the molecule is Cc1ccc(C(=O)N/N=C2\CCCc3oc(C(=O)Nc4cc(C(F)(F)F)ccc4Cl)c(C)c32)cc1. The monoisotopic (exact) mass is 503 g/mol. The van der Waals surface area contributed by atoms with Crippen LogP contribution in [0.5, 0.6) is 0 Å². The van der Waals surface area contributed by atoms with Crippen molar-refractivity contribution in [3.05, 3.63) is 86.8 Å². The number of amides is 2. The second-order valence-electron chi connectivity index (χ2n) is 8.22. The number of benzene rings is 2. The Morgan fingerprint density at radius 2 is 1.74 bits per heavy atom. The summed E-state index contributed by atoms with van der Waals surface area (Å²) in [5.41, 5.74) is 4.55. The molecule has 1 heterocycles. The first-order valence-electron chi connectivity index (χ1n) is 10.8. The number of aryl methyl sites for hydroxylation is 2. The van der Waals surface area contributed by atoms with Crippen molar-refractivity contribution in [2.24, 2.45) is 5.10 Å². The predicted molar refractivity (Wildman–Crippen MR) is 126 cm³/mol. The molecular weight excluding hydrogens is 483 g/mol. The van der Waals surface area contributed by atoms with Gasteiger partial charge in [-0.3, -0.25) is 9.59 Å². The maximum atomic E-state index is 13.1. The standard InChI is InChI=1S/C25H21ClF3N3O3/c1-13-6-8-15(9-7-13)23(33)32-31-18-4-3-5-20-21(18)14(2)22(35-20)24(34)30-19-12-16(25(27,28)29)10-11-17(19)26/h6-12H,3-5H2,1-2H3,(H,30,34)(H,32,33)/b31-18+. The van der Waals surface area contributed by atoms with E-state index in [4.69, 9.17) is 16.0 Å². The van der Waals surface area contributed by atoms with Crippen LogP contribution in [-0.2, 0) is 12.6 Å². The number of rotatable bonds is 4. The number of nitrogens with zero attached hydrogens (tertiary/aromatic N) is 1. The average Bonchev–Trinajstić information content (AvgIpc) is 3.16. The van der Waals surface area contributed by atoms with Crippen molar-refractivity contribution in [2.75, 3.05) is 5.32 Å². The van der Waals surface area contributed by atoms with E-state index in [2.05, 4.69) is 15.8 Å². The molecule has 1 aliphatic carbocycles. The third kappa shape index (κ3) is 5.24.